The summed E-state index contributed by atoms with van der Waals surface area (Å²) < 4.78 is 7.89. The number of ether oxygens (including phenoxy) is 1. The van der Waals surface area contributed by atoms with Gasteiger partial charge in [0.2, 0.25) is 5.95 Å². The van der Waals surface area contributed by atoms with Crippen molar-refractivity contribution in [3.63, 3.8) is 0 Å². The average molecular weight is 474 g/mol. The number of benzene rings is 1. The van der Waals surface area contributed by atoms with Crippen LogP contribution in [0.3, 0.4) is 0 Å². The first kappa shape index (κ1) is 24.6. The molecule has 0 spiro atoms. The third-order valence-corrected chi connectivity index (χ3v) is 5.81. The summed E-state index contributed by atoms with van der Waals surface area (Å²) in [5, 5.41) is 6.94. The number of aromatic nitrogens is 5. The van der Waals surface area contributed by atoms with E-state index in [0.717, 1.165) is 34.4 Å². The lowest BCUT2D eigenvalue weighted by molar-refractivity contribution is 0.0710. The number of fused-ring (bicyclic) bond motifs is 1. The highest BCUT2D eigenvalue weighted by Crippen LogP contribution is 2.25. The minimum atomic E-state index is 0.122. The number of pyridine rings is 1. The quantitative estimate of drug-likeness (QED) is 0.289. The standard InChI is InChI=1S/C27H35N7O/c1-6-22(16-35-19(4)5)31-27-32-25(24-26(33-27)34(17-30-24)18(2)3)29-15-20-10-12-21(13-11-20)23-9-7-8-14-28-23/h7-14,17-19,22H,6,15-16H2,1-5H3,(H2,29,31,32,33)/t22-/m1/s1. The molecule has 3 aromatic heterocycles. The second-order valence-corrected chi connectivity index (χ2v) is 9.21. The van der Waals surface area contributed by atoms with E-state index in [1.807, 2.05) is 44.6 Å². The van der Waals surface area contributed by atoms with Gasteiger partial charge in [-0.1, -0.05) is 37.3 Å². The molecule has 0 unspecified atom stereocenters. The summed E-state index contributed by atoms with van der Waals surface area (Å²) in [4.78, 5) is 18.6. The molecule has 8 heteroatoms. The molecule has 35 heavy (non-hydrogen) atoms. The Morgan fingerprint density at radius 3 is 2.43 bits per heavy atom. The third-order valence-electron chi connectivity index (χ3n) is 5.81. The first-order valence-corrected chi connectivity index (χ1v) is 12.3. The van der Waals surface area contributed by atoms with E-state index in [-0.39, 0.29) is 18.2 Å². The average Bonchev–Trinajstić information content (AvgIpc) is 3.30. The molecule has 1 atom stereocenters. The van der Waals surface area contributed by atoms with E-state index >= 15 is 0 Å². The van der Waals surface area contributed by atoms with E-state index in [1.54, 1.807) is 0 Å². The van der Waals surface area contributed by atoms with Crippen LogP contribution in [0.4, 0.5) is 11.8 Å². The fraction of sp³-hybridized carbons (Fsp3) is 0.407. The van der Waals surface area contributed by atoms with E-state index in [0.29, 0.717) is 24.9 Å². The molecule has 0 saturated heterocycles. The van der Waals surface area contributed by atoms with Crippen LogP contribution in [0.1, 0.15) is 52.6 Å². The van der Waals surface area contributed by atoms with Gasteiger partial charge in [0.05, 0.1) is 30.8 Å². The minimum absolute atomic E-state index is 0.122. The van der Waals surface area contributed by atoms with Gasteiger partial charge in [-0.15, -0.1) is 0 Å². The van der Waals surface area contributed by atoms with E-state index in [4.69, 9.17) is 14.7 Å². The van der Waals surface area contributed by atoms with Gasteiger partial charge in [0.15, 0.2) is 17.0 Å². The summed E-state index contributed by atoms with van der Waals surface area (Å²) in [7, 11) is 0. The zero-order valence-electron chi connectivity index (χ0n) is 21.2. The lowest BCUT2D eigenvalue weighted by Crippen LogP contribution is -2.27. The van der Waals surface area contributed by atoms with Crippen molar-refractivity contribution in [2.24, 2.45) is 0 Å². The lowest BCUT2D eigenvalue weighted by Gasteiger charge is -2.19. The Balaban J connectivity index is 1.56. The van der Waals surface area contributed by atoms with Crippen LogP contribution in [0, 0.1) is 0 Å². The van der Waals surface area contributed by atoms with Gasteiger partial charge in [0, 0.05) is 24.3 Å². The highest BCUT2D eigenvalue weighted by Gasteiger charge is 2.17. The zero-order chi connectivity index (χ0) is 24.8. The topological polar surface area (TPSA) is 89.8 Å². The van der Waals surface area contributed by atoms with Gasteiger partial charge in [0.25, 0.3) is 0 Å². The fourth-order valence-corrected chi connectivity index (χ4v) is 3.75. The van der Waals surface area contributed by atoms with E-state index in [1.165, 1.54) is 0 Å². The Hall–Kier alpha value is -3.52. The molecule has 0 aliphatic rings. The molecule has 0 saturated carbocycles. The van der Waals surface area contributed by atoms with Crippen LogP contribution >= 0.6 is 0 Å². The lowest BCUT2D eigenvalue weighted by atomic mass is 10.1. The van der Waals surface area contributed by atoms with Crippen LogP contribution < -0.4 is 10.6 Å². The van der Waals surface area contributed by atoms with Crippen LogP contribution in [-0.2, 0) is 11.3 Å². The maximum Gasteiger partial charge on any atom is 0.227 e. The number of rotatable bonds is 11. The molecule has 2 N–H and O–H groups in total. The Labute approximate surface area is 207 Å². The van der Waals surface area contributed by atoms with Gasteiger partial charge >= 0.3 is 0 Å². The number of anilines is 2. The molecule has 0 amide bonds. The first-order chi connectivity index (χ1) is 16.9. The summed E-state index contributed by atoms with van der Waals surface area (Å²) >= 11 is 0. The molecule has 8 nitrogen and oxygen atoms in total. The molecular weight excluding hydrogens is 438 g/mol. The molecule has 1 aromatic carbocycles. The molecule has 0 aliphatic heterocycles. The second kappa shape index (κ2) is 11.3. The zero-order valence-corrected chi connectivity index (χ0v) is 21.2. The van der Waals surface area contributed by atoms with Crippen molar-refractivity contribution in [3.8, 4) is 11.3 Å². The molecule has 4 rings (SSSR count). The molecule has 184 valence electrons. The van der Waals surface area contributed by atoms with Crippen molar-refractivity contribution in [1.82, 2.24) is 24.5 Å². The Bertz CT molecular complexity index is 1220. The molecular formula is C27H35N7O. The predicted octanol–water partition coefficient (Wildman–Crippen LogP) is 5.70. The highest BCUT2D eigenvalue weighted by molar-refractivity contribution is 5.84. The Kier molecular flexibility index (Phi) is 7.92. The van der Waals surface area contributed by atoms with E-state index in [2.05, 4.69) is 70.2 Å². The molecule has 0 fully saturated rings. The van der Waals surface area contributed by atoms with Gasteiger partial charge in [-0.25, -0.2) is 4.98 Å². The fourth-order valence-electron chi connectivity index (χ4n) is 3.75. The summed E-state index contributed by atoms with van der Waals surface area (Å²) in [5.41, 5.74) is 4.78. The summed E-state index contributed by atoms with van der Waals surface area (Å²) in [6.07, 6.45) is 4.73. The summed E-state index contributed by atoms with van der Waals surface area (Å²) in [6, 6.07) is 14.7. The predicted molar refractivity (Wildman–Crippen MR) is 141 cm³/mol. The monoisotopic (exact) mass is 473 g/mol. The SMILES string of the molecule is CC[C@H](COC(C)C)Nc1nc(NCc2ccc(-c3ccccn3)cc2)c2ncn(C(C)C)c2n1. The number of imidazole rings is 1. The van der Waals surface area contributed by atoms with Crippen LogP contribution in [0.2, 0.25) is 0 Å². The van der Waals surface area contributed by atoms with Gasteiger partial charge < -0.3 is 19.9 Å². The number of nitrogens with one attached hydrogen (secondary N) is 2. The van der Waals surface area contributed by atoms with Crippen molar-refractivity contribution >= 4 is 22.9 Å². The van der Waals surface area contributed by atoms with Gasteiger partial charge in [-0.3, -0.25) is 4.98 Å². The number of nitrogens with zero attached hydrogens (tertiary/aromatic N) is 5. The molecule has 3 heterocycles. The Morgan fingerprint density at radius 1 is 0.971 bits per heavy atom. The molecule has 0 radical (unpaired) electrons. The van der Waals surface area contributed by atoms with E-state index < -0.39 is 0 Å². The van der Waals surface area contributed by atoms with Crippen LogP contribution in [-0.4, -0.2) is 43.3 Å². The van der Waals surface area contributed by atoms with E-state index in [9.17, 15) is 0 Å². The largest absolute Gasteiger partial charge is 0.377 e. The molecule has 0 aliphatic carbocycles. The van der Waals surface area contributed by atoms with Crippen molar-refractivity contribution in [2.45, 2.75) is 65.8 Å². The van der Waals surface area contributed by atoms with Crippen molar-refractivity contribution in [3.05, 3.63) is 60.6 Å². The summed E-state index contributed by atoms with van der Waals surface area (Å²) in [5.74, 6) is 1.29. The van der Waals surface area contributed by atoms with Crippen LogP contribution in [0.25, 0.3) is 22.4 Å². The maximum absolute atomic E-state index is 5.82. The molecule has 4 aromatic rings. The van der Waals surface area contributed by atoms with Crippen molar-refractivity contribution < 1.29 is 4.74 Å². The van der Waals surface area contributed by atoms with Crippen LogP contribution in [0.15, 0.2) is 55.0 Å². The van der Waals surface area contributed by atoms with Crippen molar-refractivity contribution in [1.29, 1.82) is 0 Å². The van der Waals surface area contributed by atoms with Crippen LogP contribution in [0.5, 0.6) is 0 Å². The normalized spacial score (nSPS) is 12.4. The smallest absolute Gasteiger partial charge is 0.227 e. The molecule has 0 bridgehead atoms. The third kappa shape index (κ3) is 6.14. The van der Waals surface area contributed by atoms with Crippen molar-refractivity contribution in [2.75, 3.05) is 17.2 Å². The number of hydrogen-bond donors (Lipinski definition) is 2. The second-order valence-electron chi connectivity index (χ2n) is 9.21. The maximum atomic E-state index is 5.82. The highest BCUT2D eigenvalue weighted by atomic mass is 16.5. The van der Waals surface area contributed by atoms with Gasteiger partial charge in [0.1, 0.15) is 0 Å². The summed E-state index contributed by atoms with van der Waals surface area (Å²) in [6.45, 7) is 11.7. The Morgan fingerprint density at radius 2 is 1.77 bits per heavy atom. The number of hydrogen-bond acceptors (Lipinski definition) is 7. The van der Waals surface area contributed by atoms with Gasteiger partial charge in [-0.2, -0.15) is 9.97 Å². The minimum Gasteiger partial charge on any atom is -0.377 e. The first-order valence-electron chi connectivity index (χ1n) is 12.3. The van der Waals surface area contributed by atoms with Gasteiger partial charge in [-0.05, 0) is 51.8 Å².